The van der Waals surface area contributed by atoms with Gasteiger partial charge in [-0.1, -0.05) is 29.8 Å². The molecule has 2 aromatic carbocycles. The molecular formula is C16H13ClO3. The average molecular weight is 289 g/mol. The summed E-state index contributed by atoms with van der Waals surface area (Å²) in [6.07, 6.45) is 0. The fraction of sp³-hybridized carbons (Fsp3) is 0.125. The smallest absolute Gasteiger partial charge is 0.343 e. The molecule has 0 aliphatic carbocycles. The maximum atomic E-state index is 12.0. The van der Waals surface area contributed by atoms with Gasteiger partial charge in [0.15, 0.2) is 5.78 Å². The number of carbonyl (C=O) groups is 2. The third-order valence-electron chi connectivity index (χ3n) is 2.85. The fourth-order valence-corrected chi connectivity index (χ4v) is 1.91. The highest BCUT2D eigenvalue weighted by molar-refractivity contribution is 6.31. The van der Waals surface area contributed by atoms with E-state index in [1.807, 2.05) is 6.07 Å². The van der Waals surface area contributed by atoms with E-state index in [1.54, 1.807) is 37.3 Å². The zero-order valence-corrected chi connectivity index (χ0v) is 11.9. The van der Waals surface area contributed by atoms with Crippen LogP contribution in [0.15, 0.2) is 42.5 Å². The summed E-state index contributed by atoms with van der Waals surface area (Å²) >= 11 is 5.99. The lowest BCUT2D eigenvalue weighted by Gasteiger charge is -2.10. The topological polar surface area (TPSA) is 43.4 Å². The second kappa shape index (κ2) is 5.88. The fourth-order valence-electron chi connectivity index (χ4n) is 1.75. The Bertz CT molecular complexity index is 663. The van der Waals surface area contributed by atoms with Crippen LogP contribution in [0.3, 0.4) is 0 Å². The van der Waals surface area contributed by atoms with E-state index in [4.69, 9.17) is 16.3 Å². The summed E-state index contributed by atoms with van der Waals surface area (Å²) in [4.78, 5) is 23.6. The summed E-state index contributed by atoms with van der Waals surface area (Å²) in [6, 6.07) is 11.7. The number of hydrogen-bond acceptors (Lipinski definition) is 3. The van der Waals surface area contributed by atoms with E-state index in [-0.39, 0.29) is 11.5 Å². The summed E-state index contributed by atoms with van der Waals surface area (Å²) in [7, 11) is 0. The number of carbonyl (C=O) groups excluding carboxylic acids is 2. The first-order valence-electron chi connectivity index (χ1n) is 6.07. The Morgan fingerprint density at radius 2 is 1.75 bits per heavy atom. The van der Waals surface area contributed by atoms with Crippen LogP contribution in [0.25, 0.3) is 0 Å². The van der Waals surface area contributed by atoms with Gasteiger partial charge in [0.25, 0.3) is 0 Å². The van der Waals surface area contributed by atoms with Crippen LogP contribution < -0.4 is 4.74 Å². The zero-order chi connectivity index (χ0) is 14.7. The molecule has 20 heavy (non-hydrogen) atoms. The van der Waals surface area contributed by atoms with Crippen LogP contribution in [0.2, 0.25) is 5.02 Å². The molecule has 0 fully saturated rings. The van der Waals surface area contributed by atoms with E-state index < -0.39 is 5.97 Å². The number of esters is 1. The average Bonchev–Trinajstić information content (AvgIpc) is 2.43. The molecule has 0 heterocycles. The van der Waals surface area contributed by atoms with Gasteiger partial charge in [0.2, 0.25) is 0 Å². The van der Waals surface area contributed by atoms with E-state index in [0.29, 0.717) is 16.1 Å². The van der Waals surface area contributed by atoms with Crippen molar-refractivity contribution in [3.8, 4) is 5.75 Å². The van der Waals surface area contributed by atoms with Gasteiger partial charge in [0, 0.05) is 5.02 Å². The third kappa shape index (κ3) is 3.06. The molecule has 102 valence electrons. The minimum absolute atomic E-state index is 0.206. The number of Topliss-reactive ketones (excluding diaryl/α,β-unsaturated/α-hetero) is 1. The van der Waals surface area contributed by atoms with Gasteiger partial charge in [-0.15, -0.1) is 0 Å². The van der Waals surface area contributed by atoms with Crippen molar-refractivity contribution >= 4 is 23.4 Å². The van der Waals surface area contributed by atoms with Crippen LogP contribution in [0, 0.1) is 6.92 Å². The Hall–Kier alpha value is -2.13. The Morgan fingerprint density at radius 3 is 2.35 bits per heavy atom. The highest BCUT2D eigenvalue weighted by atomic mass is 35.5. The molecule has 2 rings (SSSR count). The summed E-state index contributed by atoms with van der Waals surface area (Å²) in [6.45, 7) is 3.19. The van der Waals surface area contributed by atoms with Gasteiger partial charge in [0.1, 0.15) is 5.75 Å². The minimum Gasteiger partial charge on any atom is -0.422 e. The standard InChI is InChI=1S/C16H13ClO3/c1-10-8-15(13(11(2)18)9-14(10)17)20-16(19)12-6-4-3-5-7-12/h3-9H,1-2H3. The number of ether oxygens (including phenoxy) is 1. The highest BCUT2D eigenvalue weighted by Gasteiger charge is 2.15. The maximum Gasteiger partial charge on any atom is 0.343 e. The number of ketones is 1. The second-order valence-electron chi connectivity index (χ2n) is 4.41. The van der Waals surface area contributed by atoms with Crippen molar-refractivity contribution in [1.82, 2.24) is 0 Å². The summed E-state index contributed by atoms with van der Waals surface area (Å²) in [5.41, 5.74) is 1.46. The number of hydrogen-bond donors (Lipinski definition) is 0. The summed E-state index contributed by atoms with van der Waals surface area (Å²) in [5, 5.41) is 0.467. The zero-order valence-electron chi connectivity index (χ0n) is 11.1. The quantitative estimate of drug-likeness (QED) is 0.486. The van der Waals surface area contributed by atoms with E-state index in [1.165, 1.54) is 13.0 Å². The Labute approximate surface area is 122 Å². The first kappa shape index (κ1) is 14.3. The molecule has 0 aliphatic rings. The van der Waals surface area contributed by atoms with Gasteiger partial charge in [-0.3, -0.25) is 4.79 Å². The molecule has 0 N–H and O–H groups in total. The van der Waals surface area contributed by atoms with Gasteiger partial charge >= 0.3 is 5.97 Å². The molecule has 0 spiro atoms. The third-order valence-corrected chi connectivity index (χ3v) is 3.26. The van der Waals surface area contributed by atoms with Gasteiger partial charge in [-0.05, 0) is 43.7 Å². The van der Waals surface area contributed by atoms with Gasteiger partial charge in [0.05, 0.1) is 11.1 Å². The van der Waals surface area contributed by atoms with Crippen molar-refractivity contribution in [2.75, 3.05) is 0 Å². The minimum atomic E-state index is -0.505. The molecule has 0 aromatic heterocycles. The molecule has 3 nitrogen and oxygen atoms in total. The van der Waals surface area contributed by atoms with E-state index in [2.05, 4.69) is 0 Å². The summed E-state index contributed by atoms with van der Waals surface area (Å²) in [5.74, 6) is -0.481. The van der Waals surface area contributed by atoms with E-state index >= 15 is 0 Å². The monoisotopic (exact) mass is 288 g/mol. The molecule has 0 bridgehead atoms. The normalized spacial score (nSPS) is 10.2. The molecule has 4 heteroatoms. The molecule has 0 radical (unpaired) electrons. The lowest BCUT2D eigenvalue weighted by molar-refractivity contribution is 0.0733. The lowest BCUT2D eigenvalue weighted by Crippen LogP contribution is -2.11. The maximum absolute atomic E-state index is 12.0. The van der Waals surface area contributed by atoms with Gasteiger partial charge < -0.3 is 4.74 Å². The van der Waals surface area contributed by atoms with E-state index in [9.17, 15) is 9.59 Å². The Kier molecular flexibility index (Phi) is 4.20. The summed E-state index contributed by atoms with van der Waals surface area (Å²) < 4.78 is 5.31. The lowest BCUT2D eigenvalue weighted by atomic mass is 10.1. The van der Waals surface area contributed by atoms with Crippen molar-refractivity contribution in [2.45, 2.75) is 13.8 Å². The molecule has 0 aliphatic heterocycles. The molecule has 0 amide bonds. The second-order valence-corrected chi connectivity index (χ2v) is 4.82. The van der Waals surface area contributed by atoms with Gasteiger partial charge in [-0.25, -0.2) is 4.79 Å². The van der Waals surface area contributed by atoms with Crippen molar-refractivity contribution in [3.05, 3.63) is 64.2 Å². The number of aryl methyl sites for hydroxylation is 1. The van der Waals surface area contributed by atoms with E-state index in [0.717, 1.165) is 5.56 Å². The Balaban J connectivity index is 2.36. The van der Waals surface area contributed by atoms with Crippen LogP contribution in [0.5, 0.6) is 5.75 Å². The molecular weight excluding hydrogens is 276 g/mol. The van der Waals surface area contributed by atoms with Crippen LogP contribution in [-0.2, 0) is 0 Å². The van der Waals surface area contributed by atoms with Crippen LogP contribution >= 0.6 is 11.6 Å². The molecule has 0 unspecified atom stereocenters. The SMILES string of the molecule is CC(=O)c1cc(Cl)c(C)cc1OC(=O)c1ccccc1. The van der Waals surface area contributed by atoms with Crippen LogP contribution in [0.4, 0.5) is 0 Å². The van der Waals surface area contributed by atoms with Crippen molar-refractivity contribution < 1.29 is 14.3 Å². The predicted octanol–water partition coefficient (Wildman–Crippen LogP) is 4.07. The van der Waals surface area contributed by atoms with Crippen molar-refractivity contribution in [2.24, 2.45) is 0 Å². The van der Waals surface area contributed by atoms with Crippen molar-refractivity contribution in [3.63, 3.8) is 0 Å². The van der Waals surface area contributed by atoms with Crippen LogP contribution in [0.1, 0.15) is 33.2 Å². The number of halogens is 1. The molecule has 0 atom stereocenters. The van der Waals surface area contributed by atoms with Gasteiger partial charge in [-0.2, -0.15) is 0 Å². The largest absolute Gasteiger partial charge is 0.422 e. The first-order valence-corrected chi connectivity index (χ1v) is 6.45. The van der Waals surface area contributed by atoms with Crippen LogP contribution in [-0.4, -0.2) is 11.8 Å². The Morgan fingerprint density at radius 1 is 1.10 bits per heavy atom. The number of benzene rings is 2. The highest BCUT2D eigenvalue weighted by Crippen LogP contribution is 2.27. The van der Waals surface area contributed by atoms with Crippen molar-refractivity contribution in [1.29, 1.82) is 0 Å². The molecule has 2 aromatic rings. The molecule has 0 saturated heterocycles. The predicted molar refractivity (Wildman–Crippen MR) is 77.6 cm³/mol. The first-order chi connectivity index (χ1) is 9.49. The number of rotatable bonds is 3. The molecule has 0 saturated carbocycles.